The highest BCUT2D eigenvalue weighted by atomic mass is 16.7. The lowest BCUT2D eigenvalue weighted by Gasteiger charge is -2.36. The van der Waals surface area contributed by atoms with Gasteiger partial charge in [0.05, 0.1) is 12.2 Å². The fourth-order valence-corrected chi connectivity index (χ4v) is 3.37. The number of hydrogen-bond acceptors (Lipinski definition) is 5. The highest BCUT2D eigenvalue weighted by Crippen LogP contribution is 2.32. The Labute approximate surface area is 159 Å². The first-order valence-corrected chi connectivity index (χ1v) is 9.44. The quantitative estimate of drug-likeness (QED) is 0.612. The standard InChI is InChI=1S/C19H26N6O2/c1-2-20-19(21-12-16-5-6-22-23-16)25-9-7-24(8-10-25)13-15-3-4-17-18(11-15)27-14-26-17/h3-6,11H,2,7-10,12-14H2,1H3,(H,20,21)(H,22,23). The molecule has 2 aliphatic heterocycles. The molecular weight excluding hydrogens is 344 g/mol. The van der Waals surface area contributed by atoms with E-state index < -0.39 is 0 Å². The van der Waals surface area contributed by atoms with Crippen LogP contribution in [0.1, 0.15) is 18.2 Å². The molecule has 1 saturated heterocycles. The van der Waals surface area contributed by atoms with E-state index in [-0.39, 0.29) is 0 Å². The largest absolute Gasteiger partial charge is 0.454 e. The van der Waals surface area contributed by atoms with Crippen LogP contribution in [0.15, 0.2) is 35.5 Å². The average Bonchev–Trinajstić information content (AvgIpc) is 3.37. The minimum absolute atomic E-state index is 0.322. The van der Waals surface area contributed by atoms with Crippen LogP contribution in [0.3, 0.4) is 0 Å². The van der Waals surface area contributed by atoms with E-state index in [1.807, 2.05) is 12.1 Å². The maximum absolute atomic E-state index is 5.48. The summed E-state index contributed by atoms with van der Waals surface area (Å²) in [6.07, 6.45) is 1.76. The molecule has 2 N–H and O–H groups in total. The fourth-order valence-electron chi connectivity index (χ4n) is 3.37. The Morgan fingerprint density at radius 1 is 1.19 bits per heavy atom. The first-order chi connectivity index (χ1) is 13.3. The predicted molar refractivity (Wildman–Crippen MR) is 103 cm³/mol. The number of ether oxygens (including phenoxy) is 2. The summed E-state index contributed by atoms with van der Waals surface area (Å²) < 4.78 is 10.9. The van der Waals surface area contributed by atoms with E-state index in [9.17, 15) is 0 Å². The van der Waals surface area contributed by atoms with Crippen LogP contribution in [0.2, 0.25) is 0 Å². The Morgan fingerprint density at radius 3 is 2.81 bits per heavy atom. The maximum Gasteiger partial charge on any atom is 0.231 e. The van der Waals surface area contributed by atoms with Gasteiger partial charge in [-0.1, -0.05) is 6.07 Å². The summed E-state index contributed by atoms with van der Waals surface area (Å²) in [4.78, 5) is 9.53. The number of benzene rings is 1. The summed E-state index contributed by atoms with van der Waals surface area (Å²) in [5.74, 6) is 2.66. The zero-order chi connectivity index (χ0) is 18.5. The van der Waals surface area contributed by atoms with E-state index >= 15 is 0 Å². The number of piperazine rings is 1. The van der Waals surface area contributed by atoms with Crippen molar-refractivity contribution in [1.29, 1.82) is 0 Å². The zero-order valence-corrected chi connectivity index (χ0v) is 15.6. The number of aromatic amines is 1. The minimum atomic E-state index is 0.322. The minimum Gasteiger partial charge on any atom is -0.454 e. The smallest absolute Gasteiger partial charge is 0.231 e. The van der Waals surface area contributed by atoms with Crippen LogP contribution in [0.25, 0.3) is 0 Å². The van der Waals surface area contributed by atoms with Gasteiger partial charge in [-0.15, -0.1) is 0 Å². The van der Waals surface area contributed by atoms with E-state index in [1.54, 1.807) is 6.20 Å². The summed E-state index contributed by atoms with van der Waals surface area (Å²) >= 11 is 0. The molecule has 0 spiro atoms. The van der Waals surface area contributed by atoms with Crippen LogP contribution < -0.4 is 14.8 Å². The highest BCUT2D eigenvalue weighted by Gasteiger charge is 2.21. The topological polar surface area (TPSA) is 78.0 Å². The molecule has 0 saturated carbocycles. The maximum atomic E-state index is 5.48. The lowest BCUT2D eigenvalue weighted by molar-refractivity contribution is 0.171. The number of guanidine groups is 1. The number of nitrogens with one attached hydrogen (secondary N) is 2. The van der Waals surface area contributed by atoms with Crippen molar-refractivity contribution in [3.05, 3.63) is 41.7 Å². The number of aliphatic imine (C=N–C) groups is 1. The van der Waals surface area contributed by atoms with Gasteiger partial charge >= 0.3 is 0 Å². The monoisotopic (exact) mass is 370 g/mol. The van der Waals surface area contributed by atoms with Crippen LogP contribution in [-0.2, 0) is 13.1 Å². The summed E-state index contributed by atoms with van der Waals surface area (Å²) in [5, 5.41) is 10.3. The van der Waals surface area contributed by atoms with Crippen molar-refractivity contribution in [3.8, 4) is 11.5 Å². The first-order valence-electron chi connectivity index (χ1n) is 9.44. The second-order valence-corrected chi connectivity index (χ2v) is 6.70. The Morgan fingerprint density at radius 2 is 2.04 bits per heavy atom. The van der Waals surface area contributed by atoms with Crippen molar-refractivity contribution in [3.63, 3.8) is 0 Å². The van der Waals surface area contributed by atoms with Crippen molar-refractivity contribution in [1.82, 2.24) is 25.3 Å². The second kappa shape index (κ2) is 8.30. The third-order valence-corrected chi connectivity index (χ3v) is 4.81. The molecular formula is C19H26N6O2. The van der Waals surface area contributed by atoms with Gasteiger partial charge in [0.2, 0.25) is 6.79 Å². The molecule has 0 radical (unpaired) electrons. The van der Waals surface area contributed by atoms with Gasteiger partial charge in [0.1, 0.15) is 0 Å². The van der Waals surface area contributed by atoms with E-state index in [2.05, 4.69) is 44.4 Å². The zero-order valence-electron chi connectivity index (χ0n) is 15.6. The molecule has 3 heterocycles. The Kier molecular flexibility index (Phi) is 5.43. The molecule has 1 aromatic carbocycles. The molecule has 2 aromatic rings. The van der Waals surface area contributed by atoms with Crippen LogP contribution in [0.4, 0.5) is 0 Å². The van der Waals surface area contributed by atoms with E-state index in [0.717, 1.165) is 62.4 Å². The molecule has 0 aliphatic carbocycles. The van der Waals surface area contributed by atoms with Crippen molar-refractivity contribution >= 4 is 5.96 Å². The number of aromatic nitrogens is 2. The Hall–Kier alpha value is -2.74. The molecule has 1 aromatic heterocycles. The van der Waals surface area contributed by atoms with Crippen LogP contribution in [-0.4, -0.2) is 65.5 Å². The average molecular weight is 370 g/mol. The predicted octanol–water partition coefficient (Wildman–Crippen LogP) is 1.42. The van der Waals surface area contributed by atoms with Gasteiger partial charge < -0.3 is 19.7 Å². The molecule has 8 nitrogen and oxygen atoms in total. The van der Waals surface area contributed by atoms with E-state index in [0.29, 0.717) is 13.3 Å². The molecule has 0 bridgehead atoms. The Bertz CT molecular complexity index is 769. The van der Waals surface area contributed by atoms with Crippen LogP contribution in [0.5, 0.6) is 11.5 Å². The van der Waals surface area contributed by atoms with Gasteiger partial charge in [0.25, 0.3) is 0 Å². The van der Waals surface area contributed by atoms with E-state index in [1.165, 1.54) is 5.56 Å². The molecule has 1 fully saturated rings. The molecule has 0 atom stereocenters. The van der Waals surface area contributed by atoms with Crippen LogP contribution in [0, 0.1) is 0 Å². The number of nitrogens with zero attached hydrogens (tertiary/aromatic N) is 4. The molecule has 2 aliphatic rings. The summed E-state index contributed by atoms with van der Waals surface area (Å²) in [6.45, 7) is 8.74. The summed E-state index contributed by atoms with van der Waals surface area (Å²) in [6, 6.07) is 8.16. The first kappa shape index (κ1) is 17.7. The lowest BCUT2D eigenvalue weighted by Crippen LogP contribution is -2.52. The Balaban J connectivity index is 1.32. The summed E-state index contributed by atoms with van der Waals surface area (Å²) in [7, 11) is 0. The number of fused-ring (bicyclic) bond motifs is 1. The molecule has 27 heavy (non-hydrogen) atoms. The lowest BCUT2D eigenvalue weighted by atomic mass is 10.1. The SMILES string of the molecule is CCNC(=NCc1ccn[nH]1)N1CCN(Cc2ccc3c(c2)OCO3)CC1. The van der Waals surface area contributed by atoms with E-state index in [4.69, 9.17) is 14.5 Å². The number of rotatable bonds is 5. The van der Waals surface area contributed by atoms with Crippen molar-refractivity contribution in [2.75, 3.05) is 39.5 Å². The van der Waals surface area contributed by atoms with Gasteiger partial charge in [0, 0.05) is 45.5 Å². The van der Waals surface area contributed by atoms with Crippen molar-refractivity contribution in [2.24, 2.45) is 4.99 Å². The van der Waals surface area contributed by atoms with Gasteiger partial charge in [-0.3, -0.25) is 10.00 Å². The third-order valence-electron chi connectivity index (χ3n) is 4.81. The number of H-pyrrole nitrogens is 1. The second-order valence-electron chi connectivity index (χ2n) is 6.70. The molecule has 4 rings (SSSR count). The molecule has 8 heteroatoms. The van der Waals surface area contributed by atoms with Crippen molar-refractivity contribution < 1.29 is 9.47 Å². The third kappa shape index (κ3) is 4.33. The van der Waals surface area contributed by atoms with Gasteiger partial charge in [-0.25, -0.2) is 4.99 Å². The fraction of sp³-hybridized carbons (Fsp3) is 0.474. The molecule has 0 unspecified atom stereocenters. The number of hydrogen-bond donors (Lipinski definition) is 2. The van der Waals surface area contributed by atoms with Gasteiger partial charge in [-0.05, 0) is 30.7 Å². The summed E-state index contributed by atoms with van der Waals surface area (Å²) in [5.41, 5.74) is 2.28. The van der Waals surface area contributed by atoms with Gasteiger partial charge in [0.15, 0.2) is 17.5 Å². The molecule has 0 amide bonds. The van der Waals surface area contributed by atoms with Crippen molar-refractivity contribution in [2.45, 2.75) is 20.0 Å². The molecule has 144 valence electrons. The van der Waals surface area contributed by atoms with Crippen LogP contribution >= 0.6 is 0 Å². The highest BCUT2D eigenvalue weighted by molar-refractivity contribution is 5.80. The normalized spacial score (nSPS) is 17.4. The van der Waals surface area contributed by atoms with Gasteiger partial charge in [-0.2, -0.15) is 5.10 Å².